The van der Waals surface area contributed by atoms with Gasteiger partial charge in [0.05, 0.1) is 16.7 Å². The average molecular weight is 298 g/mol. The van der Waals surface area contributed by atoms with Gasteiger partial charge in [-0.05, 0) is 40.0 Å². The number of nitrogens with two attached hydrogens (primary N) is 1. The molecule has 0 aliphatic rings. The molecule has 1 unspecified atom stereocenters. The molecule has 0 saturated carbocycles. The van der Waals surface area contributed by atoms with Gasteiger partial charge in [0, 0.05) is 0 Å². The summed E-state index contributed by atoms with van der Waals surface area (Å²) in [6, 6.07) is 6.48. The molecule has 2 N–H and O–H groups in total. The van der Waals surface area contributed by atoms with Crippen molar-refractivity contribution < 1.29 is 4.39 Å². The van der Waals surface area contributed by atoms with E-state index in [1.807, 2.05) is 13.0 Å². The summed E-state index contributed by atoms with van der Waals surface area (Å²) in [5.41, 5.74) is 6.78. The number of nitrogens with zero attached hydrogens (tertiary/aromatic N) is 2. The first kappa shape index (κ1) is 12.1. The van der Waals surface area contributed by atoms with Gasteiger partial charge in [0.15, 0.2) is 0 Å². The van der Waals surface area contributed by atoms with Crippen molar-refractivity contribution in [2.75, 3.05) is 5.73 Å². The van der Waals surface area contributed by atoms with Crippen LogP contribution >= 0.6 is 15.9 Å². The lowest BCUT2D eigenvalue weighted by molar-refractivity contribution is 0.511. The summed E-state index contributed by atoms with van der Waals surface area (Å²) in [6.07, 6.45) is 2.44. The van der Waals surface area contributed by atoms with Gasteiger partial charge in [0.25, 0.3) is 0 Å². The van der Waals surface area contributed by atoms with Crippen LogP contribution in [0.15, 0.2) is 34.9 Å². The Morgan fingerprint density at radius 1 is 1.53 bits per heavy atom. The summed E-state index contributed by atoms with van der Waals surface area (Å²) in [5.74, 6) is 0.312. The van der Waals surface area contributed by atoms with Crippen LogP contribution in [0, 0.1) is 5.82 Å². The third kappa shape index (κ3) is 2.34. The molecule has 0 aliphatic carbocycles. The van der Waals surface area contributed by atoms with Gasteiger partial charge in [0.1, 0.15) is 11.6 Å². The molecule has 1 heterocycles. The maximum atomic E-state index is 13.2. The molecule has 0 amide bonds. The van der Waals surface area contributed by atoms with Crippen molar-refractivity contribution in [1.82, 2.24) is 9.78 Å². The Hall–Kier alpha value is -1.36. The highest BCUT2D eigenvalue weighted by Crippen LogP contribution is 2.28. The minimum absolute atomic E-state index is 0.0444. The first-order valence-corrected chi connectivity index (χ1v) is 6.16. The minimum Gasteiger partial charge on any atom is -0.383 e. The van der Waals surface area contributed by atoms with Crippen molar-refractivity contribution in [3.05, 3.63) is 46.3 Å². The van der Waals surface area contributed by atoms with Gasteiger partial charge in [-0.2, -0.15) is 5.10 Å². The quantitative estimate of drug-likeness (QED) is 0.944. The molecule has 2 rings (SSSR count). The molecule has 5 heteroatoms. The van der Waals surface area contributed by atoms with E-state index < -0.39 is 0 Å². The first-order valence-electron chi connectivity index (χ1n) is 5.37. The van der Waals surface area contributed by atoms with Crippen molar-refractivity contribution >= 4 is 21.7 Å². The second-order valence-corrected chi connectivity index (χ2v) is 4.66. The van der Waals surface area contributed by atoms with E-state index in [-0.39, 0.29) is 11.9 Å². The normalized spacial score (nSPS) is 12.6. The Morgan fingerprint density at radius 2 is 2.29 bits per heavy atom. The van der Waals surface area contributed by atoms with E-state index >= 15 is 0 Å². The van der Waals surface area contributed by atoms with E-state index in [2.05, 4.69) is 21.0 Å². The monoisotopic (exact) mass is 297 g/mol. The molecule has 17 heavy (non-hydrogen) atoms. The zero-order valence-electron chi connectivity index (χ0n) is 9.40. The van der Waals surface area contributed by atoms with Crippen LogP contribution in [-0.2, 0) is 0 Å². The van der Waals surface area contributed by atoms with Crippen LogP contribution < -0.4 is 5.73 Å². The predicted molar refractivity (Wildman–Crippen MR) is 69.2 cm³/mol. The number of hydrogen-bond donors (Lipinski definition) is 1. The fourth-order valence-corrected chi connectivity index (χ4v) is 2.14. The minimum atomic E-state index is -0.245. The highest BCUT2D eigenvalue weighted by atomic mass is 79.9. The molecule has 1 aromatic carbocycles. The van der Waals surface area contributed by atoms with Gasteiger partial charge in [-0.3, -0.25) is 0 Å². The lowest BCUT2D eigenvalue weighted by Crippen LogP contribution is -2.14. The van der Waals surface area contributed by atoms with Crippen molar-refractivity contribution in [2.24, 2.45) is 0 Å². The lowest BCUT2D eigenvalue weighted by Gasteiger charge is -2.17. The fourth-order valence-electron chi connectivity index (χ4n) is 1.86. The van der Waals surface area contributed by atoms with Gasteiger partial charge < -0.3 is 5.73 Å². The van der Waals surface area contributed by atoms with Crippen LogP contribution in [0.25, 0.3) is 0 Å². The highest BCUT2D eigenvalue weighted by Gasteiger charge is 2.16. The SMILES string of the molecule is CCC(c1cccc(F)c1)n1ncc(Br)c1N. The summed E-state index contributed by atoms with van der Waals surface area (Å²) < 4.78 is 15.7. The van der Waals surface area contributed by atoms with E-state index in [4.69, 9.17) is 5.73 Å². The molecule has 0 spiro atoms. The van der Waals surface area contributed by atoms with E-state index in [0.29, 0.717) is 5.82 Å². The van der Waals surface area contributed by atoms with Crippen molar-refractivity contribution in [3.8, 4) is 0 Å². The molecule has 3 nitrogen and oxygen atoms in total. The summed E-state index contributed by atoms with van der Waals surface area (Å²) in [5, 5.41) is 4.21. The van der Waals surface area contributed by atoms with Gasteiger partial charge >= 0.3 is 0 Å². The summed E-state index contributed by atoms with van der Waals surface area (Å²) in [6.45, 7) is 2.02. The largest absolute Gasteiger partial charge is 0.383 e. The summed E-state index contributed by atoms with van der Waals surface area (Å²) >= 11 is 3.32. The van der Waals surface area contributed by atoms with Crippen LogP contribution in [0.1, 0.15) is 24.9 Å². The fraction of sp³-hybridized carbons (Fsp3) is 0.250. The number of nitrogen functional groups attached to an aromatic ring is 1. The molecule has 90 valence electrons. The van der Waals surface area contributed by atoms with Crippen molar-refractivity contribution in [3.63, 3.8) is 0 Å². The molecule has 0 saturated heterocycles. The molecule has 2 aromatic rings. The van der Waals surface area contributed by atoms with Gasteiger partial charge in [-0.1, -0.05) is 19.1 Å². The molecule has 1 atom stereocenters. The smallest absolute Gasteiger partial charge is 0.136 e. The van der Waals surface area contributed by atoms with Gasteiger partial charge in [0.2, 0.25) is 0 Å². The molecule has 1 aromatic heterocycles. The molecular weight excluding hydrogens is 285 g/mol. The number of halogens is 2. The van der Waals surface area contributed by atoms with Crippen LogP contribution in [0.4, 0.5) is 10.2 Å². The lowest BCUT2D eigenvalue weighted by atomic mass is 10.0. The number of rotatable bonds is 3. The maximum Gasteiger partial charge on any atom is 0.136 e. The average Bonchev–Trinajstić information content (AvgIpc) is 2.63. The zero-order chi connectivity index (χ0) is 12.4. The number of aromatic nitrogens is 2. The molecule has 0 bridgehead atoms. The summed E-state index contributed by atoms with van der Waals surface area (Å²) in [7, 11) is 0. The molecule has 0 aliphatic heterocycles. The number of benzene rings is 1. The van der Waals surface area contributed by atoms with Crippen molar-refractivity contribution in [2.45, 2.75) is 19.4 Å². The predicted octanol–water partition coefficient (Wildman–Crippen LogP) is 3.37. The number of anilines is 1. The second-order valence-electron chi connectivity index (χ2n) is 3.80. The third-order valence-electron chi connectivity index (χ3n) is 2.70. The van der Waals surface area contributed by atoms with E-state index in [9.17, 15) is 4.39 Å². The Labute approximate surface area is 108 Å². The Bertz CT molecular complexity index is 524. The zero-order valence-corrected chi connectivity index (χ0v) is 11.0. The topological polar surface area (TPSA) is 43.8 Å². The van der Waals surface area contributed by atoms with E-state index in [1.165, 1.54) is 12.1 Å². The standard InChI is InChI=1S/C12H13BrFN3/c1-2-11(8-4-3-5-9(14)6-8)17-12(15)10(13)7-16-17/h3-7,11H,2,15H2,1H3. The van der Waals surface area contributed by atoms with Crippen LogP contribution in [0.3, 0.4) is 0 Å². The maximum absolute atomic E-state index is 13.2. The Morgan fingerprint density at radius 3 is 2.82 bits per heavy atom. The molecule has 0 radical (unpaired) electrons. The summed E-state index contributed by atoms with van der Waals surface area (Å²) in [4.78, 5) is 0. The third-order valence-corrected chi connectivity index (χ3v) is 3.31. The van der Waals surface area contributed by atoms with Crippen LogP contribution in [-0.4, -0.2) is 9.78 Å². The number of hydrogen-bond acceptors (Lipinski definition) is 2. The second kappa shape index (κ2) is 4.87. The first-order chi connectivity index (χ1) is 8.13. The Kier molecular flexibility index (Phi) is 3.47. The van der Waals surface area contributed by atoms with Gasteiger partial charge in [-0.15, -0.1) is 0 Å². The van der Waals surface area contributed by atoms with E-state index in [1.54, 1.807) is 16.9 Å². The van der Waals surface area contributed by atoms with Crippen LogP contribution in [0.5, 0.6) is 0 Å². The van der Waals surface area contributed by atoms with Gasteiger partial charge in [-0.25, -0.2) is 9.07 Å². The van der Waals surface area contributed by atoms with Crippen molar-refractivity contribution in [1.29, 1.82) is 0 Å². The molecule has 0 fully saturated rings. The van der Waals surface area contributed by atoms with Crippen LogP contribution in [0.2, 0.25) is 0 Å². The highest BCUT2D eigenvalue weighted by molar-refractivity contribution is 9.10. The van der Waals surface area contributed by atoms with E-state index in [0.717, 1.165) is 16.5 Å². The Balaban J connectivity index is 2.44. The molecular formula is C12H13BrFN3.